The van der Waals surface area contributed by atoms with E-state index in [1.807, 2.05) is 18.2 Å². The minimum Gasteiger partial charge on any atom is -0.480 e. The number of amides is 1. The number of fused-ring (bicyclic) bond motifs is 1. The lowest BCUT2D eigenvalue weighted by Crippen LogP contribution is -2.36. The first-order valence-corrected chi connectivity index (χ1v) is 7.07. The van der Waals surface area contributed by atoms with E-state index in [2.05, 4.69) is 10.5 Å². The lowest BCUT2D eigenvalue weighted by molar-refractivity contribution is -0.127. The Balaban J connectivity index is 1.85. The van der Waals surface area contributed by atoms with Gasteiger partial charge in [-0.15, -0.1) is 0 Å². The monoisotopic (exact) mass is 274 g/mol. The Hall–Kier alpha value is -2.04. The molecule has 0 radical (unpaired) electrons. The van der Waals surface area contributed by atoms with Gasteiger partial charge in [0.05, 0.1) is 5.71 Å². The summed E-state index contributed by atoms with van der Waals surface area (Å²) >= 11 is 0. The van der Waals surface area contributed by atoms with Crippen molar-refractivity contribution in [1.29, 1.82) is 0 Å². The standard InChI is InChI=1S/C15H18N2O3/c18-15-14(5-1-2-9-16-15)20-13-6-3-4-10-11(13)7-8-12(10)17-19/h3-4,6,14,19H,1-2,5,7-9H2,(H,16,18). The van der Waals surface area contributed by atoms with Crippen LogP contribution in [0, 0.1) is 0 Å². The smallest absolute Gasteiger partial charge is 0.261 e. The molecule has 1 unspecified atom stereocenters. The molecule has 2 N–H and O–H groups in total. The topological polar surface area (TPSA) is 70.9 Å². The molecule has 0 aromatic heterocycles. The summed E-state index contributed by atoms with van der Waals surface area (Å²) in [6.45, 7) is 0.729. The molecule has 1 aliphatic carbocycles. The number of carbonyl (C=O) groups excluding carboxylic acids is 1. The molecule has 1 atom stereocenters. The highest BCUT2D eigenvalue weighted by Gasteiger charge is 2.26. The summed E-state index contributed by atoms with van der Waals surface area (Å²) in [6, 6.07) is 5.69. The number of oxime groups is 1. The van der Waals surface area contributed by atoms with Crippen LogP contribution >= 0.6 is 0 Å². The van der Waals surface area contributed by atoms with Gasteiger partial charge in [0.1, 0.15) is 5.75 Å². The molecule has 1 heterocycles. The van der Waals surface area contributed by atoms with E-state index in [1.54, 1.807) is 0 Å². The van der Waals surface area contributed by atoms with Gasteiger partial charge in [-0.3, -0.25) is 4.79 Å². The number of carbonyl (C=O) groups is 1. The Morgan fingerprint density at radius 1 is 1.30 bits per heavy atom. The Bertz CT molecular complexity index is 554. The molecule has 1 amide bonds. The molecule has 0 saturated carbocycles. The first kappa shape index (κ1) is 13.0. The zero-order valence-electron chi connectivity index (χ0n) is 11.3. The summed E-state index contributed by atoms with van der Waals surface area (Å²) in [5.74, 6) is 0.706. The number of benzene rings is 1. The highest BCUT2D eigenvalue weighted by atomic mass is 16.5. The van der Waals surface area contributed by atoms with E-state index in [-0.39, 0.29) is 5.91 Å². The molecule has 1 aromatic rings. The lowest BCUT2D eigenvalue weighted by Gasteiger charge is -2.18. The van der Waals surface area contributed by atoms with Gasteiger partial charge in [0.15, 0.2) is 6.10 Å². The second kappa shape index (κ2) is 5.53. The second-order valence-corrected chi connectivity index (χ2v) is 5.22. The molecule has 3 rings (SSSR count). The average molecular weight is 274 g/mol. The fraction of sp³-hybridized carbons (Fsp3) is 0.467. The van der Waals surface area contributed by atoms with Crippen molar-refractivity contribution in [2.24, 2.45) is 5.16 Å². The van der Waals surface area contributed by atoms with Gasteiger partial charge in [0, 0.05) is 17.7 Å². The first-order valence-electron chi connectivity index (χ1n) is 7.07. The van der Waals surface area contributed by atoms with Gasteiger partial charge in [-0.05, 0) is 38.2 Å². The van der Waals surface area contributed by atoms with Crippen LogP contribution in [0.3, 0.4) is 0 Å². The fourth-order valence-corrected chi connectivity index (χ4v) is 2.86. The molecule has 1 aromatic carbocycles. The normalized spacial score (nSPS) is 24.1. The highest BCUT2D eigenvalue weighted by molar-refractivity contribution is 6.04. The third kappa shape index (κ3) is 2.35. The van der Waals surface area contributed by atoms with Gasteiger partial charge in [0.25, 0.3) is 5.91 Å². The largest absolute Gasteiger partial charge is 0.480 e. The van der Waals surface area contributed by atoms with Crippen LogP contribution in [0.15, 0.2) is 23.4 Å². The van der Waals surface area contributed by atoms with Crippen LogP contribution in [-0.2, 0) is 11.2 Å². The van der Waals surface area contributed by atoms with Crippen molar-refractivity contribution < 1.29 is 14.7 Å². The molecule has 20 heavy (non-hydrogen) atoms. The van der Waals surface area contributed by atoms with Gasteiger partial charge in [0.2, 0.25) is 0 Å². The van der Waals surface area contributed by atoms with Gasteiger partial charge in [-0.2, -0.15) is 0 Å². The molecular weight excluding hydrogens is 256 g/mol. The van der Waals surface area contributed by atoms with Crippen molar-refractivity contribution in [3.05, 3.63) is 29.3 Å². The predicted octanol–water partition coefficient (Wildman–Crippen LogP) is 1.86. The molecule has 1 saturated heterocycles. The van der Waals surface area contributed by atoms with Crippen LogP contribution < -0.4 is 10.1 Å². The minimum atomic E-state index is -0.417. The van der Waals surface area contributed by atoms with Crippen LogP contribution in [0.1, 0.15) is 36.8 Å². The number of ether oxygens (including phenoxy) is 1. The SMILES string of the molecule is O=C1NCCCCC1Oc1cccc2c1CCC2=NO. The third-order valence-corrected chi connectivity index (χ3v) is 3.93. The van der Waals surface area contributed by atoms with Crippen LogP contribution in [0.25, 0.3) is 0 Å². The summed E-state index contributed by atoms with van der Waals surface area (Å²) in [6.07, 6.45) is 3.82. The van der Waals surface area contributed by atoms with E-state index in [0.29, 0.717) is 12.1 Å². The van der Waals surface area contributed by atoms with Crippen LogP contribution in [0.2, 0.25) is 0 Å². The van der Waals surface area contributed by atoms with Crippen molar-refractivity contribution in [2.75, 3.05) is 6.54 Å². The fourth-order valence-electron chi connectivity index (χ4n) is 2.86. The first-order chi connectivity index (χ1) is 9.79. The van der Waals surface area contributed by atoms with E-state index < -0.39 is 6.10 Å². The second-order valence-electron chi connectivity index (χ2n) is 5.22. The van der Waals surface area contributed by atoms with E-state index in [4.69, 9.17) is 9.94 Å². The maximum absolute atomic E-state index is 11.9. The highest BCUT2D eigenvalue weighted by Crippen LogP contribution is 2.32. The maximum Gasteiger partial charge on any atom is 0.261 e. The van der Waals surface area contributed by atoms with Crippen LogP contribution in [0.5, 0.6) is 5.75 Å². The number of nitrogens with zero attached hydrogens (tertiary/aromatic N) is 1. The lowest BCUT2D eigenvalue weighted by atomic mass is 10.1. The predicted molar refractivity (Wildman–Crippen MR) is 74.4 cm³/mol. The van der Waals surface area contributed by atoms with Crippen molar-refractivity contribution >= 4 is 11.6 Å². The number of hydrogen-bond acceptors (Lipinski definition) is 4. The molecule has 1 aliphatic heterocycles. The van der Waals surface area contributed by atoms with Gasteiger partial charge < -0.3 is 15.3 Å². The summed E-state index contributed by atoms with van der Waals surface area (Å²) in [7, 11) is 0. The molecule has 5 nitrogen and oxygen atoms in total. The summed E-state index contributed by atoms with van der Waals surface area (Å²) in [5.41, 5.74) is 2.66. The number of nitrogens with one attached hydrogen (secondary N) is 1. The molecule has 1 fully saturated rings. The molecular formula is C15H18N2O3. The van der Waals surface area contributed by atoms with Crippen molar-refractivity contribution in [3.63, 3.8) is 0 Å². The average Bonchev–Trinajstić information content (AvgIpc) is 2.79. The summed E-state index contributed by atoms with van der Waals surface area (Å²) in [5, 5.41) is 15.2. The van der Waals surface area contributed by atoms with Gasteiger partial charge >= 0.3 is 0 Å². The Labute approximate surface area is 117 Å². The van der Waals surface area contributed by atoms with E-state index in [9.17, 15) is 4.79 Å². The van der Waals surface area contributed by atoms with Crippen LogP contribution in [-0.4, -0.2) is 29.5 Å². The zero-order chi connectivity index (χ0) is 13.9. The van der Waals surface area contributed by atoms with E-state index >= 15 is 0 Å². The third-order valence-electron chi connectivity index (χ3n) is 3.93. The molecule has 5 heteroatoms. The summed E-state index contributed by atoms with van der Waals surface area (Å²) < 4.78 is 5.93. The zero-order valence-corrected chi connectivity index (χ0v) is 11.3. The number of hydrogen-bond donors (Lipinski definition) is 2. The van der Waals surface area contributed by atoms with E-state index in [0.717, 1.165) is 49.1 Å². The van der Waals surface area contributed by atoms with Gasteiger partial charge in [-0.1, -0.05) is 17.3 Å². The molecule has 2 aliphatic rings. The van der Waals surface area contributed by atoms with Crippen molar-refractivity contribution in [2.45, 2.75) is 38.2 Å². The Kier molecular flexibility index (Phi) is 3.58. The number of rotatable bonds is 2. The molecule has 0 bridgehead atoms. The molecule has 106 valence electrons. The van der Waals surface area contributed by atoms with Crippen LogP contribution in [0.4, 0.5) is 0 Å². The van der Waals surface area contributed by atoms with Crippen molar-refractivity contribution in [3.8, 4) is 5.75 Å². The maximum atomic E-state index is 11.9. The molecule has 0 spiro atoms. The minimum absolute atomic E-state index is 0.0332. The van der Waals surface area contributed by atoms with Crippen molar-refractivity contribution in [1.82, 2.24) is 5.32 Å². The summed E-state index contributed by atoms with van der Waals surface area (Å²) in [4.78, 5) is 11.9. The Morgan fingerprint density at radius 2 is 2.20 bits per heavy atom. The quantitative estimate of drug-likeness (QED) is 0.638. The van der Waals surface area contributed by atoms with Gasteiger partial charge in [-0.25, -0.2) is 0 Å². The Morgan fingerprint density at radius 3 is 3.05 bits per heavy atom. The van der Waals surface area contributed by atoms with E-state index in [1.165, 1.54) is 0 Å².